The Morgan fingerprint density at radius 3 is 2.47 bits per heavy atom. The fourth-order valence-corrected chi connectivity index (χ4v) is 15.2. The molecule has 9 nitrogen and oxygen atoms in total. The van der Waals surface area contributed by atoms with Gasteiger partial charge < -0.3 is 23.8 Å². The molecule has 5 heterocycles. The smallest absolute Gasteiger partial charge is 0.319 e. The van der Waals surface area contributed by atoms with Crippen LogP contribution in [0.3, 0.4) is 0 Å². The van der Waals surface area contributed by atoms with Crippen LogP contribution in [-0.2, 0) is 9.47 Å². The van der Waals surface area contributed by atoms with Crippen LogP contribution < -0.4 is 14.4 Å². The summed E-state index contributed by atoms with van der Waals surface area (Å²) in [7, 11) is -0.770. The van der Waals surface area contributed by atoms with Crippen molar-refractivity contribution in [1.29, 1.82) is 0 Å². The SMILES string of the molecule is COCOc1cc(-c2ncc3c(N4CCCOCC4)nc(OCC45CCCN4CC(C)(F)C5)nc3c2F)c2c(C#C[Si](C(C)C)(C(C)C)C(C)C)c(F)ccc2c1. The molecule has 57 heavy (non-hydrogen) atoms. The number of benzene rings is 2. The topological polar surface area (TPSA) is 82.1 Å². The first-order chi connectivity index (χ1) is 27.2. The lowest BCUT2D eigenvalue weighted by molar-refractivity contribution is 0.0512. The average Bonchev–Trinajstić information content (AvgIpc) is 3.49. The number of anilines is 1. The molecule has 0 spiro atoms. The van der Waals surface area contributed by atoms with Crippen LogP contribution in [0.1, 0.15) is 79.7 Å². The van der Waals surface area contributed by atoms with Crippen LogP contribution in [0.15, 0.2) is 30.5 Å². The van der Waals surface area contributed by atoms with Gasteiger partial charge in [-0.2, -0.15) is 9.97 Å². The van der Waals surface area contributed by atoms with Crippen molar-refractivity contribution in [3.8, 4) is 34.5 Å². The number of aromatic nitrogens is 3. The third-order valence-electron chi connectivity index (χ3n) is 12.5. The number of alkyl halides is 1. The van der Waals surface area contributed by atoms with Gasteiger partial charge in [0.05, 0.1) is 23.1 Å². The number of ether oxygens (including phenoxy) is 4. The molecule has 3 saturated heterocycles. The summed E-state index contributed by atoms with van der Waals surface area (Å²) in [5, 5.41) is 1.46. The Morgan fingerprint density at radius 2 is 1.74 bits per heavy atom. The van der Waals surface area contributed by atoms with Crippen LogP contribution in [0.5, 0.6) is 11.8 Å². The second-order valence-corrected chi connectivity index (χ2v) is 22.9. The molecule has 306 valence electrons. The number of fused-ring (bicyclic) bond motifs is 3. The van der Waals surface area contributed by atoms with Crippen LogP contribution >= 0.6 is 0 Å². The molecule has 13 heteroatoms. The summed E-state index contributed by atoms with van der Waals surface area (Å²) in [4.78, 5) is 18.5. The van der Waals surface area contributed by atoms with Crippen LogP contribution in [0, 0.1) is 23.1 Å². The Hall–Kier alpha value is -3.96. The molecule has 0 bridgehead atoms. The van der Waals surface area contributed by atoms with E-state index in [9.17, 15) is 0 Å². The molecule has 0 aliphatic carbocycles. The first-order valence-electron chi connectivity index (χ1n) is 20.4. The quantitative estimate of drug-likeness (QED) is 0.0838. The molecule has 3 fully saturated rings. The van der Waals surface area contributed by atoms with E-state index >= 15 is 13.2 Å². The number of pyridine rings is 1. The normalized spacial score (nSPS) is 21.8. The van der Waals surface area contributed by atoms with E-state index in [0.717, 1.165) is 25.8 Å². The summed E-state index contributed by atoms with van der Waals surface area (Å²) < 4.78 is 72.3. The van der Waals surface area contributed by atoms with Gasteiger partial charge in [-0.15, -0.1) is 5.54 Å². The summed E-state index contributed by atoms with van der Waals surface area (Å²) in [6, 6.07) is 6.50. The summed E-state index contributed by atoms with van der Waals surface area (Å²) >= 11 is 0. The van der Waals surface area contributed by atoms with E-state index in [4.69, 9.17) is 33.9 Å². The average molecular weight is 804 g/mol. The third-order valence-corrected chi connectivity index (χ3v) is 18.8. The fraction of sp³-hybridized carbons (Fsp3) is 0.568. The molecule has 2 unspecified atom stereocenters. The molecule has 2 aromatic heterocycles. The Balaban J connectivity index is 1.42. The van der Waals surface area contributed by atoms with E-state index in [2.05, 4.69) is 57.9 Å². The monoisotopic (exact) mass is 803 g/mol. The number of halogens is 3. The number of rotatable bonds is 11. The lowest BCUT2D eigenvalue weighted by Gasteiger charge is -2.38. The van der Waals surface area contributed by atoms with Crippen molar-refractivity contribution in [3.63, 3.8) is 0 Å². The zero-order valence-corrected chi connectivity index (χ0v) is 35.6. The maximum absolute atomic E-state index is 17.6. The largest absolute Gasteiger partial charge is 0.468 e. The van der Waals surface area contributed by atoms with Gasteiger partial charge in [0.1, 0.15) is 48.9 Å². The number of hydrogen-bond donors (Lipinski definition) is 0. The number of methoxy groups -OCH3 is 1. The number of hydrogen-bond acceptors (Lipinski definition) is 9. The predicted octanol–water partition coefficient (Wildman–Crippen LogP) is 9.25. The predicted molar refractivity (Wildman–Crippen MR) is 221 cm³/mol. The zero-order chi connectivity index (χ0) is 40.7. The molecule has 0 amide bonds. The van der Waals surface area contributed by atoms with Crippen LogP contribution in [0.4, 0.5) is 19.0 Å². The van der Waals surface area contributed by atoms with Crippen molar-refractivity contribution in [2.45, 2.75) is 102 Å². The molecular weight excluding hydrogens is 748 g/mol. The minimum absolute atomic E-state index is 0.00407. The van der Waals surface area contributed by atoms with Crippen LogP contribution in [0.25, 0.3) is 32.9 Å². The second-order valence-electron chi connectivity index (χ2n) is 17.3. The molecule has 0 N–H and O–H groups in total. The summed E-state index contributed by atoms with van der Waals surface area (Å²) in [6.45, 7) is 18.4. The lowest BCUT2D eigenvalue weighted by Crippen LogP contribution is -2.43. The van der Waals surface area contributed by atoms with E-state index in [1.54, 1.807) is 31.3 Å². The highest BCUT2D eigenvalue weighted by Gasteiger charge is 2.54. The van der Waals surface area contributed by atoms with E-state index < -0.39 is 30.9 Å². The second kappa shape index (κ2) is 16.4. The van der Waals surface area contributed by atoms with E-state index in [1.807, 2.05) is 4.90 Å². The Labute approximate surface area is 335 Å². The Morgan fingerprint density at radius 1 is 0.965 bits per heavy atom. The number of nitrogens with zero attached hydrogens (tertiary/aromatic N) is 5. The van der Waals surface area contributed by atoms with Crippen molar-refractivity contribution in [2.75, 3.05) is 64.8 Å². The molecule has 2 aromatic carbocycles. The van der Waals surface area contributed by atoms with E-state index in [-0.39, 0.29) is 36.2 Å². The molecule has 2 atom stereocenters. The van der Waals surface area contributed by atoms with E-state index in [0.29, 0.717) is 89.2 Å². The van der Waals surface area contributed by atoms with Gasteiger partial charge in [-0.3, -0.25) is 9.88 Å². The minimum atomic E-state index is -2.29. The van der Waals surface area contributed by atoms with Gasteiger partial charge in [0, 0.05) is 56.9 Å². The van der Waals surface area contributed by atoms with Gasteiger partial charge in [-0.05, 0) is 72.9 Å². The van der Waals surface area contributed by atoms with Gasteiger partial charge in [0.2, 0.25) is 0 Å². The van der Waals surface area contributed by atoms with Crippen molar-refractivity contribution in [3.05, 3.63) is 47.7 Å². The third kappa shape index (κ3) is 7.82. The lowest BCUT2D eigenvalue weighted by atomic mass is 9.90. The highest BCUT2D eigenvalue weighted by molar-refractivity contribution is 6.90. The van der Waals surface area contributed by atoms with E-state index in [1.165, 1.54) is 13.2 Å². The molecule has 3 aliphatic rings. The van der Waals surface area contributed by atoms with Crippen LogP contribution in [-0.4, -0.2) is 99.0 Å². The summed E-state index contributed by atoms with van der Waals surface area (Å²) in [6.07, 6.45) is 4.42. The molecule has 0 radical (unpaired) electrons. The first kappa shape index (κ1) is 41.2. The maximum Gasteiger partial charge on any atom is 0.319 e. The first-order valence-corrected chi connectivity index (χ1v) is 22.6. The van der Waals surface area contributed by atoms with Gasteiger partial charge in [0.25, 0.3) is 0 Å². The van der Waals surface area contributed by atoms with Crippen LogP contribution in [0.2, 0.25) is 16.6 Å². The van der Waals surface area contributed by atoms with Crippen molar-refractivity contribution in [1.82, 2.24) is 19.9 Å². The highest BCUT2D eigenvalue weighted by Crippen LogP contribution is 2.46. The zero-order valence-electron chi connectivity index (χ0n) is 34.6. The molecule has 3 aliphatic heterocycles. The highest BCUT2D eigenvalue weighted by atomic mass is 28.3. The van der Waals surface area contributed by atoms with Gasteiger partial charge in [0.15, 0.2) is 12.6 Å². The van der Waals surface area contributed by atoms with Gasteiger partial charge in [-0.1, -0.05) is 53.5 Å². The molecular formula is C44H56F3N5O4Si. The fourth-order valence-electron chi connectivity index (χ4n) is 10.0. The summed E-state index contributed by atoms with van der Waals surface area (Å²) in [5.41, 5.74) is 3.31. The maximum atomic E-state index is 17.6. The molecule has 0 saturated carbocycles. The van der Waals surface area contributed by atoms with Crippen molar-refractivity contribution >= 4 is 35.6 Å². The standard InChI is InChI=1S/C44H56F3N5O4Si/c1-28(2)57(29(3)4,30(5)6)20-13-33-36(45)12-11-31-21-32(56-27-53-8)22-34(37(31)33)39-38(46)40-35(23-48-39)41(51-15-10-18-54-19-17-51)50-42(49-40)55-26-44-14-9-16-52(44)25-43(7,47)24-44/h11-12,21-23,28-30H,9-10,14-19,24-27H2,1-8H3. The van der Waals surface area contributed by atoms with Gasteiger partial charge >= 0.3 is 6.01 Å². The molecule has 7 rings (SSSR count). The summed E-state index contributed by atoms with van der Waals surface area (Å²) in [5.74, 6) is 3.00. The van der Waals surface area contributed by atoms with Crippen molar-refractivity contribution < 1.29 is 32.1 Å². The molecule has 4 aromatic rings. The van der Waals surface area contributed by atoms with Gasteiger partial charge in [-0.25, -0.2) is 13.2 Å². The Bertz CT molecular complexity index is 2160. The Kier molecular flexibility index (Phi) is 11.8. The minimum Gasteiger partial charge on any atom is -0.468 e. The van der Waals surface area contributed by atoms with Crippen molar-refractivity contribution in [2.24, 2.45) is 0 Å².